The summed E-state index contributed by atoms with van der Waals surface area (Å²) in [5, 5.41) is 0. The molecule has 0 amide bonds. The minimum absolute atomic E-state index is 0. The Morgan fingerprint density at radius 3 is 2.53 bits per heavy atom. The summed E-state index contributed by atoms with van der Waals surface area (Å²) in [6.07, 6.45) is 0.871. The molecule has 3 nitrogen and oxygen atoms in total. The Kier molecular flexibility index (Phi) is 8.18. The van der Waals surface area contributed by atoms with Crippen molar-refractivity contribution in [3.63, 3.8) is 0 Å². The predicted octanol–water partition coefficient (Wildman–Crippen LogP) is 1.15. The molecule has 0 aliphatic heterocycles. The van der Waals surface area contributed by atoms with Gasteiger partial charge < -0.3 is 10.2 Å². The molecule has 0 aliphatic rings. The van der Waals surface area contributed by atoms with E-state index in [0.717, 1.165) is 17.7 Å². The molecule has 0 saturated heterocycles. The van der Waals surface area contributed by atoms with E-state index in [1.54, 1.807) is 7.11 Å². The average Bonchev–Trinajstić information content (AvgIpc) is 2.20. The van der Waals surface area contributed by atoms with Gasteiger partial charge in [-0.2, -0.15) is 0 Å². The van der Waals surface area contributed by atoms with Crippen LogP contribution in [-0.2, 0) is 21.3 Å². The zero-order chi connectivity index (χ0) is 10.2. The lowest BCUT2D eigenvalue weighted by Gasteiger charge is -2.01. The van der Waals surface area contributed by atoms with Gasteiger partial charge in [-0.25, -0.2) is 0 Å². The molecular weight excluding hydrogens is 212 g/mol. The monoisotopic (exact) mass is 230 g/mol. The number of hydrogen-bond donors (Lipinski definition) is 0. The van der Waals surface area contributed by atoms with E-state index in [1.165, 1.54) is 0 Å². The first kappa shape index (κ1) is 14.3. The van der Waals surface area contributed by atoms with E-state index < -0.39 is 10.8 Å². The van der Waals surface area contributed by atoms with E-state index in [0.29, 0.717) is 12.4 Å². The summed E-state index contributed by atoms with van der Waals surface area (Å²) < 4.78 is 16.5. The van der Waals surface area contributed by atoms with Gasteiger partial charge in [0, 0.05) is 36.0 Å². The predicted molar refractivity (Wildman–Crippen MR) is 63.3 cm³/mol. The van der Waals surface area contributed by atoms with Gasteiger partial charge in [0.25, 0.3) is 0 Å². The number of benzene rings is 1. The molecule has 0 bridgehead atoms. The number of hydrogen-bond acceptors (Lipinski definition) is 2. The van der Waals surface area contributed by atoms with Gasteiger partial charge in [0.15, 0.2) is 0 Å². The highest BCUT2D eigenvalue weighted by Crippen LogP contribution is 2.03. The van der Waals surface area contributed by atoms with Crippen molar-refractivity contribution in [3.8, 4) is 0 Å². The fraction of sp³-hybridized carbons (Fsp3) is 0.455. The topological polar surface area (TPSA) is 57.8 Å². The molecule has 0 aromatic heterocycles. The maximum Gasteiger partial charge on any atom is 0.0485 e. The Hall–Kier alpha value is -0.710. The summed E-state index contributed by atoms with van der Waals surface area (Å²) in [4.78, 5) is 0. The van der Waals surface area contributed by atoms with Gasteiger partial charge in [-0.05, 0) is 12.0 Å². The van der Waals surface area contributed by atoms with Crippen LogP contribution in [0.1, 0.15) is 12.0 Å². The van der Waals surface area contributed by atoms with E-state index in [4.69, 9.17) is 4.74 Å². The zero-order valence-electron chi connectivity index (χ0n) is 8.94. The van der Waals surface area contributed by atoms with Crippen LogP contribution < -0.4 is 0 Å². The standard InChI is InChI=1S/C11H16O2S.H2O/c1-13-8-5-9-14(12)10-11-6-3-2-4-7-11;/h2-4,6-7H,5,8-10H2,1H3;1H2. The van der Waals surface area contributed by atoms with Crippen molar-refractivity contribution in [2.24, 2.45) is 0 Å². The van der Waals surface area contributed by atoms with Crippen molar-refractivity contribution < 1.29 is 14.4 Å². The van der Waals surface area contributed by atoms with Crippen LogP contribution in [0.15, 0.2) is 30.3 Å². The van der Waals surface area contributed by atoms with Gasteiger partial charge in [-0.3, -0.25) is 4.21 Å². The molecule has 1 aromatic rings. The second-order valence-electron chi connectivity index (χ2n) is 3.12. The molecule has 0 radical (unpaired) electrons. The highest BCUT2D eigenvalue weighted by molar-refractivity contribution is 7.84. The van der Waals surface area contributed by atoms with Crippen molar-refractivity contribution in [2.75, 3.05) is 19.5 Å². The minimum atomic E-state index is -0.752. The van der Waals surface area contributed by atoms with E-state index in [-0.39, 0.29) is 5.48 Å². The Balaban J connectivity index is 0.00000196. The third-order valence-corrected chi connectivity index (χ3v) is 3.29. The number of ether oxygens (including phenoxy) is 1. The third kappa shape index (κ3) is 6.38. The van der Waals surface area contributed by atoms with Crippen molar-refractivity contribution in [1.29, 1.82) is 0 Å². The SMILES string of the molecule is COCCCS(=O)Cc1ccccc1.O. The van der Waals surface area contributed by atoms with Gasteiger partial charge in [-0.1, -0.05) is 30.3 Å². The van der Waals surface area contributed by atoms with Crippen LogP contribution in [0.25, 0.3) is 0 Å². The van der Waals surface area contributed by atoms with Crippen molar-refractivity contribution in [1.82, 2.24) is 0 Å². The number of methoxy groups -OCH3 is 1. The summed E-state index contributed by atoms with van der Waals surface area (Å²) in [5.74, 6) is 1.38. The average molecular weight is 230 g/mol. The van der Waals surface area contributed by atoms with E-state index in [2.05, 4.69) is 0 Å². The van der Waals surface area contributed by atoms with Crippen LogP contribution in [0.4, 0.5) is 0 Å². The lowest BCUT2D eigenvalue weighted by Crippen LogP contribution is -2.03. The normalized spacial score (nSPS) is 11.8. The molecule has 4 heteroatoms. The molecule has 0 heterocycles. The molecular formula is C11H18O3S. The van der Waals surface area contributed by atoms with Crippen LogP contribution in [0.5, 0.6) is 0 Å². The first-order chi connectivity index (χ1) is 6.83. The quantitative estimate of drug-likeness (QED) is 0.688. The maximum atomic E-state index is 11.5. The van der Waals surface area contributed by atoms with Crippen LogP contribution in [0.2, 0.25) is 0 Å². The molecule has 0 fully saturated rings. The lowest BCUT2D eigenvalue weighted by molar-refractivity contribution is 0.200. The third-order valence-electron chi connectivity index (χ3n) is 1.89. The Morgan fingerprint density at radius 1 is 1.27 bits per heavy atom. The first-order valence-electron chi connectivity index (χ1n) is 4.71. The van der Waals surface area contributed by atoms with Crippen molar-refractivity contribution in [3.05, 3.63) is 35.9 Å². The summed E-state index contributed by atoms with van der Waals surface area (Å²) in [6.45, 7) is 0.695. The molecule has 0 spiro atoms. The second-order valence-corrected chi connectivity index (χ2v) is 4.70. The van der Waals surface area contributed by atoms with Gasteiger partial charge >= 0.3 is 0 Å². The molecule has 15 heavy (non-hydrogen) atoms. The van der Waals surface area contributed by atoms with Crippen LogP contribution in [-0.4, -0.2) is 29.2 Å². The summed E-state index contributed by atoms with van der Waals surface area (Å²) >= 11 is 0. The van der Waals surface area contributed by atoms with E-state index >= 15 is 0 Å². The summed E-state index contributed by atoms with van der Waals surface area (Å²) in [6, 6.07) is 9.93. The van der Waals surface area contributed by atoms with Gasteiger partial charge in [0.05, 0.1) is 0 Å². The maximum absolute atomic E-state index is 11.5. The molecule has 1 atom stereocenters. The van der Waals surface area contributed by atoms with Crippen molar-refractivity contribution in [2.45, 2.75) is 12.2 Å². The fourth-order valence-electron chi connectivity index (χ4n) is 1.20. The van der Waals surface area contributed by atoms with Crippen molar-refractivity contribution >= 4 is 10.8 Å². The van der Waals surface area contributed by atoms with Gasteiger partial charge in [-0.15, -0.1) is 0 Å². The first-order valence-corrected chi connectivity index (χ1v) is 6.19. The van der Waals surface area contributed by atoms with Gasteiger partial charge in [0.2, 0.25) is 0 Å². The molecule has 1 rings (SSSR count). The Labute approximate surface area is 93.2 Å². The molecule has 86 valence electrons. The highest BCUT2D eigenvalue weighted by atomic mass is 32.2. The Bertz CT molecular complexity index is 274. The van der Waals surface area contributed by atoms with E-state index in [9.17, 15) is 4.21 Å². The fourth-order valence-corrected chi connectivity index (χ4v) is 2.34. The molecule has 1 unspecified atom stereocenters. The zero-order valence-corrected chi connectivity index (χ0v) is 9.76. The second kappa shape index (κ2) is 8.59. The molecule has 1 aromatic carbocycles. The van der Waals surface area contributed by atoms with E-state index in [1.807, 2.05) is 30.3 Å². The smallest absolute Gasteiger partial charge is 0.0485 e. The summed E-state index contributed by atoms with van der Waals surface area (Å²) in [7, 11) is 0.914. The minimum Gasteiger partial charge on any atom is -0.412 e. The molecule has 2 N–H and O–H groups in total. The largest absolute Gasteiger partial charge is 0.412 e. The van der Waals surface area contributed by atoms with Crippen LogP contribution in [0, 0.1) is 0 Å². The van der Waals surface area contributed by atoms with Crippen LogP contribution in [0.3, 0.4) is 0 Å². The Morgan fingerprint density at radius 2 is 1.93 bits per heavy atom. The molecule has 0 aliphatic carbocycles. The number of rotatable bonds is 6. The highest BCUT2D eigenvalue weighted by Gasteiger charge is 2.00. The van der Waals surface area contributed by atoms with Crippen LogP contribution >= 0.6 is 0 Å². The summed E-state index contributed by atoms with van der Waals surface area (Å²) in [5.41, 5.74) is 1.14. The molecule has 0 saturated carbocycles. The van der Waals surface area contributed by atoms with Gasteiger partial charge in [0.1, 0.15) is 0 Å². The lowest BCUT2D eigenvalue weighted by atomic mass is 10.2.